The molecule has 1 fully saturated rings. The first-order valence-corrected chi connectivity index (χ1v) is 9.24. The topological polar surface area (TPSA) is 29.1 Å². The summed E-state index contributed by atoms with van der Waals surface area (Å²) in [5.41, 5.74) is 2.51. The van der Waals surface area contributed by atoms with Crippen molar-refractivity contribution in [2.45, 2.75) is 44.9 Å². The van der Waals surface area contributed by atoms with E-state index >= 15 is 0 Å². The van der Waals surface area contributed by atoms with Gasteiger partial charge in [-0.3, -0.25) is 4.79 Å². The fourth-order valence-electron chi connectivity index (χ4n) is 3.64. The molecule has 4 heteroatoms. The standard InChI is InChI=1S/C22H25F2NO/c1-3-16-4-6-17(7-5-16)8-11-21(26)25-14-22(13-15(22)2)19-10-9-18(23)12-20(19)24/h4-7,9-10,12,15H,3,8,11,13-14H2,1-2H3,(H,25,26). The minimum Gasteiger partial charge on any atom is -0.355 e. The Morgan fingerprint density at radius 2 is 1.81 bits per heavy atom. The largest absolute Gasteiger partial charge is 0.355 e. The van der Waals surface area contributed by atoms with E-state index < -0.39 is 17.0 Å². The maximum absolute atomic E-state index is 14.2. The van der Waals surface area contributed by atoms with Crippen LogP contribution < -0.4 is 5.32 Å². The third-order valence-corrected chi connectivity index (χ3v) is 5.59. The highest BCUT2D eigenvalue weighted by molar-refractivity contribution is 5.76. The van der Waals surface area contributed by atoms with E-state index in [1.54, 1.807) is 0 Å². The van der Waals surface area contributed by atoms with Crippen LogP contribution in [-0.4, -0.2) is 12.5 Å². The van der Waals surface area contributed by atoms with Gasteiger partial charge in [-0.15, -0.1) is 0 Å². The van der Waals surface area contributed by atoms with Gasteiger partial charge in [0.2, 0.25) is 5.91 Å². The van der Waals surface area contributed by atoms with Gasteiger partial charge in [-0.1, -0.05) is 44.2 Å². The highest BCUT2D eigenvalue weighted by atomic mass is 19.1. The molecule has 2 aromatic rings. The second kappa shape index (κ2) is 7.56. The number of halogens is 2. The zero-order valence-electron chi connectivity index (χ0n) is 15.3. The fourth-order valence-corrected chi connectivity index (χ4v) is 3.64. The molecule has 1 N–H and O–H groups in total. The SMILES string of the molecule is CCc1ccc(CCC(=O)NCC2(c3ccc(F)cc3F)CC2C)cc1. The molecule has 138 valence electrons. The summed E-state index contributed by atoms with van der Waals surface area (Å²) in [6, 6.07) is 12.0. The van der Waals surface area contributed by atoms with Gasteiger partial charge in [0.1, 0.15) is 11.6 Å². The minimum atomic E-state index is -0.576. The lowest BCUT2D eigenvalue weighted by atomic mass is 9.92. The number of amides is 1. The number of rotatable bonds is 7. The summed E-state index contributed by atoms with van der Waals surface area (Å²) in [4.78, 5) is 12.2. The van der Waals surface area contributed by atoms with Crippen LogP contribution in [0.15, 0.2) is 42.5 Å². The van der Waals surface area contributed by atoms with Gasteiger partial charge in [0.05, 0.1) is 0 Å². The average molecular weight is 357 g/mol. The van der Waals surface area contributed by atoms with Gasteiger partial charge in [0, 0.05) is 24.4 Å². The summed E-state index contributed by atoms with van der Waals surface area (Å²) in [7, 11) is 0. The van der Waals surface area contributed by atoms with E-state index in [4.69, 9.17) is 0 Å². The summed E-state index contributed by atoms with van der Waals surface area (Å²) in [5.74, 6) is -0.873. The Morgan fingerprint density at radius 3 is 2.38 bits per heavy atom. The molecule has 1 amide bonds. The van der Waals surface area contributed by atoms with E-state index in [1.165, 1.54) is 17.7 Å². The Balaban J connectivity index is 1.56. The normalized spacial score (nSPS) is 21.5. The molecular formula is C22H25F2NO. The summed E-state index contributed by atoms with van der Waals surface area (Å²) in [6.07, 6.45) is 2.89. The molecule has 1 aliphatic rings. The summed E-state index contributed by atoms with van der Waals surface area (Å²) >= 11 is 0. The minimum absolute atomic E-state index is 0.0365. The van der Waals surface area contributed by atoms with Crippen LogP contribution in [0.1, 0.15) is 43.4 Å². The van der Waals surface area contributed by atoms with Crippen molar-refractivity contribution >= 4 is 5.91 Å². The van der Waals surface area contributed by atoms with Gasteiger partial charge in [-0.2, -0.15) is 0 Å². The fraction of sp³-hybridized carbons (Fsp3) is 0.409. The zero-order chi connectivity index (χ0) is 18.7. The summed E-state index contributed by atoms with van der Waals surface area (Å²) < 4.78 is 27.3. The molecular weight excluding hydrogens is 332 g/mol. The van der Waals surface area contributed by atoms with Crippen LogP contribution in [0, 0.1) is 17.6 Å². The highest BCUT2D eigenvalue weighted by Crippen LogP contribution is 2.54. The van der Waals surface area contributed by atoms with Crippen LogP contribution in [0.4, 0.5) is 8.78 Å². The van der Waals surface area contributed by atoms with E-state index in [0.29, 0.717) is 24.9 Å². The quantitative estimate of drug-likeness (QED) is 0.774. The first-order valence-electron chi connectivity index (χ1n) is 9.24. The van der Waals surface area contributed by atoms with Crippen molar-refractivity contribution in [3.8, 4) is 0 Å². The van der Waals surface area contributed by atoms with Crippen molar-refractivity contribution < 1.29 is 13.6 Å². The van der Waals surface area contributed by atoms with Gasteiger partial charge in [0.25, 0.3) is 0 Å². The zero-order valence-corrected chi connectivity index (χ0v) is 15.3. The molecule has 0 bridgehead atoms. The molecule has 2 nitrogen and oxygen atoms in total. The molecule has 1 aliphatic carbocycles. The number of benzene rings is 2. The maximum atomic E-state index is 14.2. The van der Waals surface area contributed by atoms with E-state index in [9.17, 15) is 13.6 Å². The lowest BCUT2D eigenvalue weighted by molar-refractivity contribution is -0.121. The Hall–Kier alpha value is -2.23. The Morgan fingerprint density at radius 1 is 1.15 bits per heavy atom. The second-order valence-electron chi connectivity index (χ2n) is 7.33. The molecule has 0 radical (unpaired) electrons. The van der Waals surface area contributed by atoms with E-state index in [0.717, 1.165) is 24.5 Å². The van der Waals surface area contributed by atoms with Crippen LogP contribution in [-0.2, 0) is 23.1 Å². The molecule has 2 aromatic carbocycles. The third-order valence-electron chi connectivity index (χ3n) is 5.59. The van der Waals surface area contributed by atoms with Crippen molar-refractivity contribution in [1.29, 1.82) is 0 Å². The number of aryl methyl sites for hydroxylation is 2. The van der Waals surface area contributed by atoms with Crippen molar-refractivity contribution in [2.75, 3.05) is 6.54 Å². The van der Waals surface area contributed by atoms with Gasteiger partial charge in [0.15, 0.2) is 0 Å². The highest BCUT2D eigenvalue weighted by Gasteiger charge is 2.53. The Bertz CT molecular complexity index is 787. The Kier molecular flexibility index (Phi) is 5.40. The molecule has 0 spiro atoms. The predicted octanol–water partition coefficient (Wildman–Crippen LogP) is 4.55. The molecule has 0 aliphatic heterocycles. The number of hydrogen-bond donors (Lipinski definition) is 1. The van der Waals surface area contributed by atoms with Crippen LogP contribution in [0.3, 0.4) is 0 Å². The molecule has 0 saturated heterocycles. The van der Waals surface area contributed by atoms with Crippen LogP contribution in [0.5, 0.6) is 0 Å². The Labute approximate surface area is 153 Å². The van der Waals surface area contributed by atoms with E-state index in [2.05, 4.69) is 36.5 Å². The van der Waals surface area contributed by atoms with Crippen molar-refractivity contribution in [3.63, 3.8) is 0 Å². The molecule has 26 heavy (non-hydrogen) atoms. The van der Waals surface area contributed by atoms with Crippen molar-refractivity contribution in [1.82, 2.24) is 5.32 Å². The van der Waals surface area contributed by atoms with E-state index in [-0.39, 0.29) is 11.8 Å². The predicted molar refractivity (Wildman–Crippen MR) is 99.0 cm³/mol. The first-order chi connectivity index (χ1) is 12.4. The molecule has 3 rings (SSSR count). The molecule has 0 aromatic heterocycles. The lowest BCUT2D eigenvalue weighted by Gasteiger charge is -2.19. The van der Waals surface area contributed by atoms with Crippen LogP contribution in [0.2, 0.25) is 0 Å². The van der Waals surface area contributed by atoms with Gasteiger partial charge < -0.3 is 5.32 Å². The summed E-state index contributed by atoms with van der Waals surface area (Å²) in [5, 5.41) is 2.95. The smallest absolute Gasteiger partial charge is 0.220 e. The summed E-state index contributed by atoms with van der Waals surface area (Å²) in [6.45, 7) is 4.54. The van der Waals surface area contributed by atoms with Crippen LogP contribution >= 0.6 is 0 Å². The van der Waals surface area contributed by atoms with Crippen LogP contribution in [0.25, 0.3) is 0 Å². The first kappa shape index (κ1) is 18.6. The number of nitrogens with one attached hydrogen (secondary N) is 1. The van der Waals surface area contributed by atoms with E-state index in [1.807, 2.05) is 6.92 Å². The van der Waals surface area contributed by atoms with Gasteiger partial charge in [-0.05, 0) is 47.9 Å². The number of hydrogen-bond acceptors (Lipinski definition) is 1. The van der Waals surface area contributed by atoms with Crippen molar-refractivity contribution in [3.05, 3.63) is 70.8 Å². The molecule has 2 atom stereocenters. The molecule has 1 saturated carbocycles. The third kappa shape index (κ3) is 3.95. The van der Waals surface area contributed by atoms with Gasteiger partial charge in [-0.25, -0.2) is 8.78 Å². The molecule has 2 unspecified atom stereocenters. The molecule has 0 heterocycles. The number of carbonyl (C=O) groups excluding carboxylic acids is 1. The second-order valence-corrected chi connectivity index (χ2v) is 7.33. The lowest BCUT2D eigenvalue weighted by Crippen LogP contribution is -2.34. The van der Waals surface area contributed by atoms with Gasteiger partial charge >= 0.3 is 0 Å². The number of carbonyl (C=O) groups is 1. The van der Waals surface area contributed by atoms with Crippen molar-refractivity contribution in [2.24, 2.45) is 5.92 Å². The maximum Gasteiger partial charge on any atom is 0.220 e. The average Bonchev–Trinajstić information content (AvgIpc) is 3.29. The monoisotopic (exact) mass is 357 g/mol.